The van der Waals surface area contributed by atoms with E-state index in [0.29, 0.717) is 18.5 Å². The van der Waals surface area contributed by atoms with Gasteiger partial charge in [-0.2, -0.15) is 0 Å². The molecular weight excluding hydrogens is 258 g/mol. The maximum absolute atomic E-state index is 12.4. The fourth-order valence-corrected chi connectivity index (χ4v) is 1.93. The van der Waals surface area contributed by atoms with Crippen LogP contribution in [0.4, 0.5) is 0 Å². The van der Waals surface area contributed by atoms with Crippen LogP contribution in [0.25, 0.3) is 0 Å². The van der Waals surface area contributed by atoms with Gasteiger partial charge in [0.1, 0.15) is 5.69 Å². The van der Waals surface area contributed by atoms with Crippen molar-refractivity contribution < 1.29 is 14.7 Å². The van der Waals surface area contributed by atoms with E-state index in [9.17, 15) is 9.59 Å². The van der Waals surface area contributed by atoms with Crippen LogP contribution < -0.4 is 0 Å². The third-order valence-electron chi connectivity index (χ3n) is 3.29. The number of aromatic carboxylic acids is 1. The van der Waals surface area contributed by atoms with Gasteiger partial charge in [0.15, 0.2) is 5.69 Å². The van der Waals surface area contributed by atoms with Crippen LogP contribution in [-0.4, -0.2) is 44.4 Å². The molecule has 1 N–H and O–H groups in total. The quantitative estimate of drug-likeness (QED) is 0.857. The monoisotopic (exact) mass is 277 g/mol. The average molecular weight is 277 g/mol. The van der Waals surface area contributed by atoms with Crippen LogP contribution in [0.15, 0.2) is 12.4 Å². The number of carbonyl (C=O) groups is 2. The van der Waals surface area contributed by atoms with Crippen molar-refractivity contribution in [2.45, 2.75) is 39.2 Å². The fourth-order valence-electron chi connectivity index (χ4n) is 1.93. The van der Waals surface area contributed by atoms with Crippen LogP contribution in [0.1, 0.15) is 54.1 Å². The second kappa shape index (κ2) is 5.98. The van der Waals surface area contributed by atoms with Crippen LogP contribution in [0.3, 0.4) is 0 Å². The summed E-state index contributed by atoms with van der Waals surface area (Å²) in [6.07, 6.45) is 5.39. The molecule has 1 amide bonds. The lowest BCUT2D eigenvalue weighted by atomic mass is 10.1. The highest BCUT2D eigenvalue weighted by Crippen LogP contribution is 2.28. The van der Waals surface area contributed by atoms with Crippen LogP contribution in [0.2, 0.25) is 0 Å². The predicted octanol–water partition coefficient (Wildman–Crippen LogP) is 1.83. The molecule has 1 heterocycles. The summed E-state index contributed by atoms with van der Waals surface area (Å²) in [7, 11) is 0. The van der Waals surface area contributed by atoms with E-state index in [1.54, 1.807) is 0 Å². The summed E-state index contributed by atoms with van der Waals surface area (Å²) in [5, 5.41) is 8.77. The number of hydrogen-bond donors (Lipinski definition) is 1. The highest BCUT2D eigenvalue weighted by Gasteiger charge is 2.33. The topological polar surface area (TPSA) is 83.4 Å². The summed E-state index contributed by atoms with van der Waals surface area (Å²) in [5.41, 5.74) is 0.0624. The molecule has 0 aromatic carbocycles. The number of carboxylic acids is 1. The molecule has 1 aromatic rings. The van der Waals surface area contributed by atoms with E-state index in [-0.39, 0.29) is 17.3 Å². The van der Waals surface area contributed by atoms with E-state index in [1.165, 1.54) is 6.20 Å². The molecule has 6 nitrogen and oxygen atoms in total. The molecule has 20 heavy (non-hydrogen) atoms. The van der Waals surface area contributed by atoms with Gasteiger partial charge in [-0.3, -0.25) is 4.79 Å². The first-order valence-corrected chi connectivity index (χ1v) is 6.85. The first kappa shape index (κ1) is 14.4. The highest BCUT2D eigenvalue weighted by molar-refractivity contribution is 5.93. The first-order chi connectivity index (χ1) is 9.49. The molecule has 1 aliphatic carbocycles. The van der Waals surface area contributed by atoms with Gasteiger partial charge in [0.05, 0.1) is 12.4 Å². The smallest absolute Gasteiger partial charge is 0.356 e. The Kier molecular flexibility index (Phi) is 4.32. The van der Waals surface area contributed by atoms with Crippen LogP contribution in [0, 0.1) is 5.92 Å². The van der Waals surface area contributed by atoms with Gasteiger partial charge in [0, 0.05) is 12.6 Å². The molecule has 0 atom stereocenters. The molecule has 2 rings (SSSR count). The van der Waals surface area contributed by atoms with Gasteiger partial charge in [-0.15, -0.1) is 0 Å². The first-order valence-electron chi connectivity index (χ1n) is 6.85. The van der Waals surface area contributed by atoms with Crippen molar-refractivity contribution in [3.8, 4) is 0 Å². The molecule has 0 unspecified atom stereocenters. The molecule has 0 bridgehead atoms. The fraction of sp³-hybridized carbons (Fsp3) is 0.571. The van der Waals surface area contributed by atoms with Gasteiger partial charge >= 0.3 is 5.97 Å². The number of nitrogens with zero attached hydrogens (tertiary/aromatic N) is 3. The average Bonchev–Trinajstić information content (AvgIpc) is 3.23. The molecule has 0 spiro atoms. The minimum absolute atomic E-state index is 0.151. The van der Waals surface area contributed by atoms with Gasteiger partial charge in [0.2, 0.25) is 0 Å². The van der Waals surface area contributed by atoms with Crippen LogP contribution in [-0.2, 0) is 0 Å². The molecule has 6 heteroatoms. The molecular formula is C14H19N3O3. The second-order valence-corrected chi connectivity index (χ2v) is 5.50. The molecule has 1 fully saturated rings. The van der Waals surface area contributed by atoms with E-state index in [0.717, 1.165) is 25.5 Å². The SMILES string of the molecule is CC(C)CCN(C(=O)c1cnc(C(=O)O)cn1)C1CC1. The number of hydrogen-bond acceptors (Lipinski definition) is 4. The second-order valence-electron chi connectivity index (χ2n) is 5.50. The third-order valence-corrected chi connectivity index (χ3v) is 3.29. The van der Waals surface area contributed by atoms with Crippen molar-refractivity contribution in [3.05, 3.63) is 23.8 Å². The van der Waals surface area contributed by atoms with Gasteiger partial charge < -0.3 is 10.0 Å². The lowest BCUT2D eigenvalue weighted by Gasteiger charge is -2.22. The molecule has 0 saturated heterocycles. The Morgan fingerprint density at radius 1 is 1.30 bits per heavy atom. The molecule has 0 aliphatic heterocycles. The molecule has 108 valence electrons. The number of amides is 1. The largest absolute Gasteiger partial charge is 0.476 e. The minimum Gasteiger partial charge on any atom is -0.476 e. The lowest BCUT2D eigenvalue weighted by Crippen LogP contribution is -2.35. The van der Waals surface area contributed by atoms with Crippen molar-refractivity contribution in [2.24, 2.45) is 5.92 Å². The van der Waals surface area contributed by atoms with E-state index in [4.69, 9.17) is 5.11 Å². The predicted molar refractivity (Wildman–Crippen MR) is 72.5 cm³/mol. The normalized spacial score (nSPS) is 14.3. The number of carboxylic acid groups (broad SMARTS) is 1. The summed E-state index contributed by atoms with van der Waals surface area (Å²) >= 11 is 0. The van der Waals surface area contributed by atoms with E-state index in [1.807, 2.05) is 4.90 Å². The molecule has 1 saturated carbocycles. The number of carbonyl (C=O) groups excluding carboxylic acids is 1. The maximum Gasteiger partial charge on any atom is 0.356 e. The Labute approximate surface area is 117 Å². The lowest BCUT2D eigenvalue weighted by molar-refractivity contribution is 0.0683. The Morgan fingerprint density at radius 3 is 2.35 bits per heavy atom. The summed E-state index contributed by atoms with van der Waals surface area (Å²) in [4.78, 5) is 32.6. The van der Waals surface area contributed by atoms with Gasteiger partial charge in [-0.1, -0.05) is 13.8 Å². The Morgan fingerprint density at radius 2 is 1.90 bits per heavy atom. The van der Waals surface area contributed by atoms with E-state index < -0.39 is 5.97 Å². The molecule has 0 radical (unpaired) electrons. The molecule has 1 aliphatic rings. The van der Waals surface area contributed by atoms with Crippen LogP contribution in [0.5, 0.6) is 0 Å². The zero-order valence-electron chi connectivity index (χ0n) is 11.7. The van der Waals surface area contributed by atoms with Crippen molar-refractivity contribution in [1.29, 1.82) is 0 Å². The number of rotatable bonds is 6. The minimum atomic E-state index is -1.14. The maximum atomic E-state index is 12.4. The Balaban J connectivity index is 2.08. The van der Waals surface area contributed by atoms with Crippen LogP contribution >= 0.6 is 0 Å². The summed E-state index contributed by atoms with van der Waals surface area (Å²) in [6, 6.07) is 0.308. The van der Waals surface area contributed by atoms with E-state index in [2.05, 4.69) is 23.8 Å². The van der Waals surface area contributed by atoms with Crippen molar-refractivity contribution in [3.63, 3.8) is 0 Å². The summed E-state index contributed by atoms with van der Waals surface area (Å²) in [5.74, 6) is -0.766. The zero-order valence-corrected chi connectivity index (χ0v) is 11.7. The van der Waals surface area contributed by atoms with E-state index >= 15 is 0 Å². The standard InChI is InChI=1S/C14H19N3O3/c1-9(2)5-6-17(10-3-4-10)13(18)11-7-16-12(8-15-11)14(19)20/h7-10H,3-6H2,1-2H3,(H,19,20). The van der Waals surface area contributed by atoms with Crippen molar-refractivity contribution in [1.82, 2.24) is 14.9 Å². The van der Waals surface area contributed by atoms with Crippen molar-refractivity contribution >= 4 is 11.9 Å². The Hall–Kier alpha value is -1.98. The van der Waals surface area contributed by atoms with Crippen molar-refractivity contribution in [2.75, 3.05) is 6.54 Å². The number of aromatic nitrogens is 2. The molecule has 1 aromatic heterocycles. The summed E-state index contributed by atoms with van der Waals surface area (Å²) < 4.78 is 0. The Bertz CT molecular complexity index is 495. The highest BCUT2D eigenvalue weighted by atomic mass is 16.4. The summed E-state index contributed by atoms with van der Waals surface area (Å²) in [6.45, 7) is 4.96. The van der Waals surface area contributed by atoms with Gasteiger partial charge in [-0.25, -0.2) is 14.8 Å². The zero-order chi connectivity index (χ0) is 14.7. The van der Waals surface area contributed by atoms with Gasteiger partial charge in [0.25, 0.3) is 5.91 Å². The van der Waals surface area contributed by atoms with Gasteiger partial charge in [-0.05, 0) is 25.2 Å². The third kappa shape index (κ3) is 3.53.